The predicted molar refractivity (Wildman–Crippen MR) is 105 cm³/mol. The number of aliphatic hydroxyl groups excluding tert-OH is 1. The van der Waals surface area contributed by atoms with E-state index in [0.717, 1.165) is 5.56 Å². The van der Waals surface area contributed by atoms with Crippen LogP contribution < -0.4 is 10.6 Å². The molecule has 30 heavy (non-hydrogen) atoms. The third-order valence-corrected chi connectivity index (χ3v) is 4.06. The number of amides is 2. The molecule has 0 aromatic heterocycles. The summed E-state index contributed by atoms with van der Waals surface area (Å²) in [6, 6.07) is 7.69. The molecule has 0 saturated heterocycles. The van der Waals surface area contributed by atoms with Crippen LogP contribution in [0.15, 0.2) is 30.3 Å². The number of aliphatic hydroxyl groups is 1. The van der Waals surface area contributed by atoms with Gasteiger partial charge in [-0.05, 0) is 18.4 Å². The van der Waals surface area contributed by atoms with Gasteiger partial charge in [-0.25, -0.2) is 9.59 Å². The molecule has 0 aliphatic carbocycles. The maximum atomic E-state index is 12.0. The van der Waals surface area contributed by atoms with Gasteiger partial charge in [0, 0.05) is 6.54 Å². The van der Waals surface area contributed by atoms with E-state index in [9.17, 15) is 29.4 Å². The van der Waals surface area contributed by atoms with Crippen molar-refractivity contribution in [2.24, 2.45) is 5.92 Å². The van der Waals surface area contributed by atoms with Gasteiger partial charge in [0.25, 0.3) is 0 Å². The van der Waals surface area contributed by atoms with Crippen LogP contribution in [0.2, 0.25) is 0 Å². The second kappa shape index (κ2) is 13.2. The van der Waals surface area contributed by atoms with Crippen LogP contribution in [-0.2, 0) is 30.5 Å². The number of ether oxygens (including phenoxy) is 2. The molecule has 10 heteroatoms. The van der Waals surface area contributed by atoms with Crippen molar-refractivity contribution in [3.63, 3.8) is 0 Å². The minimum Gasteiger partial charge on any atom is -0.480 e. The maximum absolute atomic E-state index is 12.0. The van der Waals surface area contributed by atoms with E-state index in [0.29, 0.717) is 0 Å². The summed E-state index contributed by atoms with van der Waals surface area (Å²) < 4.78 is 9.76. The van der Waals surface area contributed by atoms with Gasteiger partial charge in [-0.2, -0.15) is 0 Å². The van der Waals surface area contributed by atoms with E-state index in [2.05, 4.69) is 10.6 Å². The second-order valence-electron chi connectivity index (χ2n) is 6.67. The zero-order valence-electron chi connectivity index (χ0n) is 17.0. The average Bonchev–Trinajstić information content (AvgIpc) is 2.69. The van der Waals surface area contributed by atoms with Gasteiger partial charge in [0.2, 0.25) is 5.91 Å². The molecule has 0 spiro atoms. The van der Waals surface area contributed by atoms with Crippen LogP contribution in [0.5, 0.6) is 0 Å². The lowest BCUT2D eigenvalue weighted by molar-refractivity contribution is -0.147. The molecule has 0 radical (unpaired) electrons. The maximum Gasteiger partial charge on any atom is 0.407 e. The third-order valence-electron chi connectivity index (χ3n) is 4.06. The Morgan fingerprint density at radius 3 is 2.33 bits per heavy atom. The summed E-state index contributed by atoms with van der Waals surface area (Å²) in [5, 5.41) is 23.8. The Balaban J connectivity index is 2.39. The molecule has 166 valence electrons. The Morgan fingerprint density at radius 1 is 1.07 bits per heavy atom. The number of carboxylic acids is 1. The van der Waals surface area contributed by atoms with Gasteiger partial charge in [-0.1, -0.05) is 37.3 Å². The first-order chi connectivity index (χ1) is 14.2. The van der Waals surface area contributed by atoms with Crippen LogP contribution in [0.3, 0.4) is 0 Å². The molecule has 10 nitrogen and oxygen atoms in total. The van der Waals surface area contributed by atoms with E-state index in [1.807, 2.05) is 6.07 Å². The Labute approximate surface area is 174 Å². The SMILES string of the molecule is CCOC(=O)C[C@@H](C)[C@@H](NC(=O)C[C@H](O)CNC(=O)OCc1ccccc1)C(=O)O. The lowest BCUT2D eigenvalue weighted by Gasteiger charge is -2.21. The van der Waals surface area contributed by atoms with E-state index in [1.165, 1.54) is 6.92 Å². The summed E-state index contributed by atoms with van der Waals surface area (Å²) in [6.45, 7) is 3.10. The zero-order chi connectivity index (χ0) is 22.5. The van der Waals surface area contributed by atoms with Crippen LogP contribution >= 0.6 is 0 Å². The van der Waals surface area contributed by atoms with Crippen molar-refractivity contribution in [2.45, 2.75) is 45.4 Å². The van der Waals surface area contributed by atoms with Gasteiger partial charge in [0.15, 0.2) is 0 Å². The summed E-state index contributed by atoms with van der Waals surface area (Å²) in [7, 11) is 0. The molecule has 4 N–H and O–H groups in total. The smallest absolute Gasteiger partial charge is 0.407 e. The summed E-state index contributed by atoms with van der Waals surface area (Å²) in [6.07, 6.45) is -2.62. The van der Waals surface area contributed by atoms with E-state index >= 15 is 0 Å². The lowest BCUT2D eigenvalue weighted by Crippen LogP contribution is -2.47. The van der Waals surface area contributed by atoms with E-state index in [1.54, 1.807) is 31.2 Å². The molecule has 0 saturated carbocycles. The topological polar surface area (TPSA) is 151 Å². The number of carboxylic acid groups (broad SMARTS) is 1. The normalized spacial score (nSPS) is 13.4. The zero-order valence-corrected chi connectivity index (χ0v) is 17.0. The van der Waals surface area contributed by atoms with Crippen LogP contribution in [0, 0.1) is 5.92 Å². The number of rotatable bonds is 12. The van der Waals surface area contributed by atoms with E-state index in [-0.39, 0.29) is 26.2 Å². The van der Waals surface area contributed by atoms with Crippen LogP contribution in [0.4, 0.5) is 4.79 Å². The van der Waals surface area contributed by atoms with E-state index in [4.69, 9.17) is 9.47 Å². The molecule has 0 aliphatic heterocycles. The Morgan fingerprint density at radius 2 is 1.73 bits per heavy atom. The van der Waals surface area contributed by atoms with Crippen molar-refractivity contribution in [1.29, 1.82) is 0 Å². The number of esters is 1. The molecule has 1 aromatic rings. The largest absolute Gasteiger partial charge is 0.480 e. The van der Waals surface area contributed by atoms with Crippen molar-refractivity contribution in [3.8, 4) is 0 Å². The molecule has 0 heterocycles. The number of alkyl carbamates (subject to hydrolysis) is 1. The highest BCUT2D eigenvalue weighted by Gasteiger charge is 2.29. The van der Waals surface area contributed by atoms with Gasteiger partial charge >= 0.3 is 18.0 Å². The number of carbonyl (C=O) groups is 4. The molecule has 1 aromatic carbocycles. The molecule has 0 bridgehead atoms. The number of aliphatic carboxylic acids is 1. The van der Waals surface area contributed by atoms with Crippen molar-refractivity contribution >= 4 is 23.9 Å². The predicted octanol–water partition coefficient (Wildman–Crippen LogP) is 0.823. The Hall–Kier alpha value is -3.14. The first-order valence-corrected chi connectivity index (χ1v) is 9.53. The number of hydrogen-bond acceptors (Lipinski definition) is 7. The van der Waals surface area contributed by atoms with Crippen molar-refractivity contribution in [1.82, 2.24) is 10.6 Å². The summed E-state index contributed by atoms with van der Waals surface area (Å²) in [4.78, 5) is 46.6. The van der Waals surface area contributed by atoms with Crippen LogP contribution in [-0.4, -0.2) is 59.4 Å². The van der Waals surface area contributed by atoms with Gasteiger partial charge < -0.3 is 30.3 Å². The molecule has 0 fully saturated rings. The van der Waals surface area contributed by atoms with Crippen molar-refractivity contribution < 1.29 is 38.9 Å². The summed E-state index contributed by atoms with van der Waals surface area (Å²) >= 11 is 0. The van der Waals surface area contributed by atoms with Gasteiger partial charge in [0.05, 0.1) is 25.6 Å². The first kappa shape index (κ1) is 24.9. The fourth-order valence-corrected chi connectivity index (χ4v) is 2.54. The summed E-state index contributed by atoms with van der Waals surface area (Å²) in [5.74, 6) is -3.32. The van der Waals surface area contributed by atoms with Gasteiger partial charge in [-0.3, -0.25) is 9.59 Å². The summed E-state index contributed by atoms with van der Waals surface area (Å²) in [5.41, 5.74) is 0.796. The standard InChI is InChI=1S/C20H28N2O8/c1-3-29-17(25)9-13(2)18(19(26)27)22-16(24)10-15(23)11-21-20(28)30-12-14-7-5-4-6-8-14/h4-8,13,15,18,23H,3,9-12H2,1-2H3,(H,21,28)(H,22,24)(H,26,27)/t13-,15+,18-/m1/s1. The molecule has 0 aliphatic rings. The van der Waals surface area contributed by atoms with Gasteiger partial charge in [0.1, 0.15) is 12.6 Å². The fourth-order valence-electron chi connectivity index (χ4n) is 2.54. The average molecular weight is 424 g/mol. The highest BCUT2D eigenvalue weighted by molar-refractivity contribution is 5.84. The molecule has 3 atom stereocenters. The monoisotopic (exact) mass is 424 g/mol. The van der Waals surface area contributed by atoms with Crippen LogP contribution in [0.25, 0.3) is 0 Å². The molecule has 0 unspecified atom stereocenters. The number of nitrogens with one attached hydrogen (secondary N) is 2. The minimum absolute atomic E-state index is 0.0574. The molecular weight excluding hydrogens is 396 g/mol. The number of hydrogen-bond donors (Lipinski definition) is 4. The quantitative estimate of drug-likeness (QED) is 0.360. The second-order valence-corrected chi connectivity index (χ2v) is 6.67. The molecule has 2 amide bonds. The highest BCUT2D eigenvalue weighted by atomic mass is 16.5. The van der Waals surface area contributed by atoms with Gasteiger partial charge in [-0.15, -0.1) is 0 Å². The lowest BCUT2D eigenvalue weighted by atomic mass is 9.98. The first-order valence-electron chi connectivity index (χ1n) is 9.53. The minimum atomic E-state index is -1.32. The molecule has 1 rings (SSSR count). The Kier molecular flexibility index (Phi) is 10.9. The highest BCUT2D eigenvalue weighted by Crippen LogP contribution is 2.11. The fraction of sp³-hybridized carbons (Fsp3) is 0.500. The van der Waals surface area contributed by atoms with Crippen LogP contribution in [0.1, 0.15) is 32.3 Å². The number of benzene rings is 1. The Bertz CT molecular complexity index is 710. The van der Waals surface area contributed by atoms with Crippen molar-refractivity contribution in [3.05, 3.63) is 35.9 Å². The third kappa shape index (κ3) is 9.87. The van der Waals surface area contributed by atoms with Crippen molar-refractivity contribution in [2.75, 3.05) is 13.2 Å². The van der Waals surface area contributed by atoms with E-state index < -0.39 is 48.4 Å². The molecular formula is C20H28N2O8. The number of carbonyl (C=O) groups excluding carboxylic acids is 3.